The van der Waals surface area contributed by atoms with E-state index in [-0.39, 0.29) is 27.2 Å². The van der Waals surface area contributed by atoms with Crippen LogP contribution in [0.3, 0.4) is 0 Å². The first-order valence-corrected chi connectivity index (χ1v) is 12.2. The molecule has 34 heavy (non-hydrogen) atoms. The summed E-state index contributed by atoms with van der Waals surface area (Å²) in [5.41, 5.74) is 1.67. The van der Waals surface area contributed by atoms with Crippen LogP contribution in [0.2, 0.25) is 10.0 Å². The van der Waals surface area contributed by atoms with Crippen LogP contribution >= 0.6 is 23.2 Å². The molecule has 0 atom stereocenters. The Bertz CT molecular complexity index is 1350. The molecule has 3 aromatic rings. The first-order valence-electron chi connectivity index (χ1n) is 9.98. The van der Waals surface area contributed by atoms with Gasteiger partial charge in [0.15, 0.2) is 0 Å². The third kappa shape index (κ3) is 4.79. The molecule has 2 aromatic carbocycles. The fourth-order valence-corrected chi connectivity index (χ4v) is 5.89. The maximum Gasteiger partial charge on any atom is 0.326 e. The molecule has 1 aliphatic heterocycles. The predicted molar refractivity (Wildman–Crippen MR) is 129 cm³/mol. The molecule has 9 nitrogen and oxygen atoms in total. The Hall–Kier alpha value is -3.34. The number of hydrogen-bond acceptors (Lipinski definition) is 5. The maximum atomic E-state index is 13.5. The topological polar surface area (TPSA) is 120 Å². The second kappa shape index (κ2) is 9.49. The number of nitrogens with zero attached hydrogens (tertiary/aromatic N) is 3. The minimum absolute atomic E-state index is 0.0953. The van der Waals surface area contributed by atoms with Gasteiger partial charge in [-0.1, -0.05) is 29.3 Å². The summed E-state index contributed by atoms with van der Waals surface area (Å²) in [5, 5.41) is 12.4. The average Bonchev–Trinajstić information content (AvgIpc) is 3.22. The summed E-state index contributed by atoms with van der Waals surface area (Å²) >= 11 is 12.0. The van der Waals surface area contributed by atoms with Crippen LogP contribution in [-0.4, -0.2) is 43.6 Å². The lowest BCUT2D eigenvalue weighted by molar-refractivity contribution is -0.135. The molecule has 2 amide bonds. The number of anilines is 3. The quantitative estimate of drug-likeness (QED) is 0.500. The number of pyridine rings is 1. The fourth-order valence-electron chi connectivity index (χ4n) is 3.72. The van der Waals surface area contributed by atoms with Gasteiger partial charge in [-0.3, -0.25) is 19.0 Å². The zero-order valence-corrected chi connectivity index (χ0v) is 19.8. The van der Waals surface area contributed by atoms with Crippen molar-refractivity contribution in [3.63, 3.8) is 0 Å². The van der Waals surface area contributed by atoms with Crippen LogP contribution in [0.25, 0.3) is 0 Å². The van der Waals surface area contributed by atoms with E-state index in [1.807, 2.05) is 0 Å². The van der Waals surface area contributed by atoms with Crippen molar-refractivity contribution >= 4 is 62.3 Å². The van der Waals surface area contributed by atoms with Gasteiger partial charge in [0.25, 0.3) is 10.0 Å². The fraction of sp³-hybridized carbons (Fsp3) is 0.136. The number of carbonyl (C=O) groups excluding carboxylic acids is 1. The Kier molecular flexibility index (Phi) is 6.65. The molecule has 0 radical (unpaired) electrons. The van der Waals surface area contributed by atoms with E-state index in [0.29, 0.717) is 23.4 Å². The number of hydrogen-bond donors (Lipinski definition) is 2. The van der Waals surface area contributed by atoms with Gasteiger partial charge in [-0.05, 0) is 48.9 Å². The lowest BCUT2D eigenvalue weighted by atomic mass is 10.1. The Morgan fingerprint density at radius 1 is 1.12 bits per heavy atom. The molecule has 176 valence electrons. The number of urea groups is 1. The molecule has 4 rings (SSSR count). The molecule has 0 saturated carbocycles. The summed E-state index contributed by atoms with van der Waals surface area (Å²) in [6, 6.07) is 11.5. The van der Waals surface area contributed by atoms with Gasteiger partial charge < -0.3 is 10.4 Å². The smallest absolute Gasteiger partial charge is 0.326 e. The van der Waals surface area contributed by atoms with E-state index in [0.717, 1.165) is 4.31 Å². The number of amides is 2. The molecular formula is C22H18Cl2N4O5S. The van der Waals surface area contributed by atoms with Crippen molar-refractivity contribution in [2.24, 2.45) is 0 Å². The Morgan fingerprint density at radius 3 is 2.50 bits per heavy atom. The molecule has 12 heteroatoms. The van der Waals surface area contributed by atoms with Crippen molar-refractivity contribution < 1.29 is 23.1 Å². The van der Waals surface area contributed by atoms with Gasteiger partial charge in [0, 0.05) is 28.4 Å². The standard InChI is InChI=1S/C22H18Cl2N4O5S/c23-14-9-15(24)11-17(10-14)34(32,33)28(13-21(29)30)20-5-1-4-19-18(20)6-8-27(19)22(31)26-16-3-2-7-25-12-16/h1-5,7,9-12H,6,8,13H2,(H,26,31)(H,29,30). The third-order valence-corrected chi connectivity index (χ3v) is 7.31. The molecular weight excluding hydrogens is 503 g/mol. The molecule has 1 aromatic heterocycles. The summed E-state index contributed by atoms with van der Waals surface area (Å²) in [6.45, 7) is -0.548. The number of benzene rings is 2. The minimum atomic E-state index is -4.35. The Morgan fingerprint density at radius 2 is 1.85 bits per heavy atom. The number of carboxylic acids is 1. The lowest BCUT2D eigenvalue weighted by Gasteiger charge is -2.25. The average molecular weight is 521 g/mol. The van der Waals surface area contributed by atoms with Crippen molar-refractivity contribution in [1.82, 2.24) is 4.98 Å². The molecule has 0 spiro atoms. The van der Waals surface area contributed by atoms with Crippen LogP contribution in [0, 0.1) is 0 Å². The van der Waals surface area contributed by atoms with Crippen molar-refractivity contribution in [3.8, 4) is 0 Å². The summed E-state index contributed by atoms with van der Waals surface area (Å²) < 4.78 is 27.7. The number of carbonyl (C=O) groups is 2. The third-order valence-electron chi connectivity index (χ3n) is 5.13. The highest BCUT2D eigenvalue weighted by Gasteiger charge is 2.34. The van der Waals surface area contributed by atoms with E-state index in [4.69, 9.17) is 23.2 Å². The van der Waals surface area contributed by atoms with Crippen molar-refractivity contribution in [3.05, 3.63) is 76.5 Å². The summed E-state index contributed by atoms with van der Waals surface area (Å²) in [6.07, 6.45) is 3.41. The molecule has 0 aliphatic carbocycles. The number of sulfonamides is 1. The highest BCUT2D eigenvalue weighted by atomic mass is 35.5. The molecule has 2 heterocycles. The first kappa shape index (κ1) is 23.8. The monoisotopic (exact) mass is 520 g/mol. The number of aromatic nitrogens is 1. The van der Waals surface area contributed by atoms with Gasteiger partial charge in [0.1, 0.15) is 6.54 Å². The number of aliphatic carboxylic acids is 1. The van der Waals surface area contributed by atoms with Crippen LogP contribution < -0.4 is 14.5 Å². The van der Waals surface area contributed by atoms with Crippen LogP contribution in [0.5, 0.6) is 0 Å². The van der Waals surface area contributed by atoms with E-state index in [9.17, 15) is 23.1 Å². The minimum Gasteiger partial charge on any atom is -0.480 e. The van der Waals surface area contributed by atoms with Crippen molar-refractivity contribution in [2.75, 3.05) is 27.6 Å². The van der Waals surface area contributed by atoms with Gasteiger partial charge in [-0.25, -0.2) is 13.2 Å². The summed E-state index contributed by atoms with van der Waals surface area (Å²) in [4.78, 5) is 29.7. The van der Waals surface area contributed by atoms with Crippen LogP contribution in [0.4, 0.5) is 21.9 Å². The van der Waals surface area contributed by atoms with E-state index in [1.54, 1.807) is 30.5 Å². The first-order chi connectivity index (χ1) is 16.2. The number of rotatable bonds is 6. The van der Waals surface area contributed by atoms with Crippen LogP contribution in [0.1, 0.15) is 5.56 Å². The molecule has 0 fully saturated rings. The van der Waals surface area contributed by atoms with Gasteiger partial charge in [0.05, 0.1) is 28.2 Å². The highest BCUT2D eigenvalue weighted by molar-refractivity contribution is 7.92. The van der Waals surface area contributed by atoms with E-state index < -0.39 is 28.6 Å². The molecule has 0 bridgehead atoms. The maximum absolute atomic E-state index is 13.5. The number of nitrogens with one attached hydrogen (secondary N) is 1. The SMILES string of the molecule is O=C(O)CN(c1cccc2c1CCN2C(=O)Nc1cccnc1)S(=O)(=O)c1cc(Cl)cc(Cl)c1. The number of fused-ring (bicyclic) bond motifs is 1. The van der Waals surface area contributed by atoms with Gasteiger partial charge in [-0.2, -0.15) is 0 Å². The van der Waals surface area contributed by atoms with Crippen LogP contribution in [-0.2, 0) is 21.2 Å². The van der Waals surface area contributed by atoms with Gasteiger partial charge in [-0.15, -0.1) is 0 Å². The Labute approximate surface area is 205 Å². The number of halogens is 2. The normalized spacial score (nSPS) is 12.8. The summed E-state index contributed by atoms with van der Waals surface area (Å²) in [5.74, 6) is -1.35. The molecule has 2 N–H and O–H groups in total. The van der Waals surface area contributed by atoms with E-state index >= 15 is 0 Å². The van der Waals surface area contributed by atoms with Gasteiger partial charge in [0.2, 0.25) is 0 Å². The zero-order valence-electron chi connectivity index (χ0n) is 17.5. The van der Waals surface area contributed by atoms with Crippen molar-refractivity contribution in [1.29, 1.82) is 0 Å². The highest BCUT2D eigenvalue weighted by Crippen LogP contribution is 2.38. The molecule has 0 unspecified atom stereocenters. The Balaban J connectivity index is 1.74. The van der Waals surface area contributed by atoms with Gasteiger partial charge >= 0.3 is 12.0 Å². The van der Waals surface area contributed by atoms with E-state index in [1.165, 1.54) is 35.4 Å². The number of carboxylic acid groups (broad SMARTS) is 1. The van der Waals surface area contributed by atoms with Crippen LogP contribution in [0.15, 0.2) is 65.8 Å². The summed E-state index contributed by atoms with van der Waals surface area (Å²) in [7, 11) is -4.35. The largest absolute Gasteiger partial charge is 0.480 e. The van der Waals surface area contributed by atoms with Crippen molar-refractivity contribution in [2.45, 2.75) is 11.3 Å². The van der Waals surface area contributed by atoms with E-state index in [2.05, 4.69) is 10.3 Å². The second-order valence-electron chi connectivity index (χ2n) is 7.36. The zero-order chi connectivity index (χ0) is 24.5. The lowest BCUT2D eigenvalue weighted by Crippen LogP contribution is -2.36. The second-order valence-corrected chi connectivity index (χ2v) is 10.1. The molecule has 0 saturated heterocycles. The predicted octanol–water partition coefficient (Wildman–Crippen LogP) is 4.26. The molecule has 1 aliphatic rings.